The van der Waals surface area contributed by atoms with E-state index in [0.29, 0.717) is 22.9 Å². The van der Waals surface area contributed by atoms with E-state index in [0.717, 1.165) is 56.7 Å². The molecule has 2 saturated heterocycles. The van der Waals surface area contributed by atoms with Crippen LogP contribution in [0.3, 0.4) is 0 Å². The molecular weight excluding hydrogens is 398 g/mol. The van der Waals surface area contributed by atoms with Gasteiger partial charge in [0.15, 0.2) is 0 Å². The Morgan fingerprint density at radius 2 is 1.80 bits per heavy atom. The van der Waals surface area contributed by atoms with Crippen LogP contribution in [-0.2, 0) is 11.3 Å². The minimum Gasteiger partial charge on any atom is -0.342 e. The first-order valence-corrected chi connectivity index (χ1v) is 11.5. The molecule has 2 bridgehead atoms. The first-order valence-electron chi connectivity index (χ1n) is 11.1. The van der Waals surface area contributed by atoms with Crippen molar-refractivity contribution in [3.8, 4) is 11.1 Å². The number of rotatable bonds is 2. The number of amides is 1. The third-order valence-corrected chi connectivity index (χ3v) is 7.67. The van der Waals surface area contributed by atoms with E-state index in [-0.39, 0.29) is 11.5 Å². The molecule has 3 atom stereocenters. The second kappa shape index (κ2) is 7.86. The van der Waals surface area contributed by atoms with Gasteiger partial charge in [0.25, 0.3) is 5.56 Å². The summed E-state index contributed by atoms with van der Waals surface area (Å²) in [5, 5.41) is 0.684. The van der Waals surface area contributed by atoms with Crippen LogP contribution in [0.15, 0.2) is 41.2 Å². The first kappa shape index (κ1) is 19.8. The number of carbonyl (C=O) groups is 1. The monoisotopic (exact) mass is 426 g/mol. The molecule has 0 radical (unpaired) electrons. The molecule has 5 rings (SSSR count). The fourth-order valence-corrected chi connectivity index (χ4v) is 6.01. The Bertz CT molecular complexity index is 1010. The normalized spacial score (nSPS) is 26.3. The summed E-state index contributed by atoms with van der Waals surface area (Å²) >= 11 is 6.02. The standard InChI is InChI=1S/C24H28ClN3O2/c1-16(29)26-10-8-21(9-11-26)27-13-17-12-19(15-27)23-7-6-22(24(30)28(23)14-17)18-2-4-20(25)5-3-18/h2-7,17,19,21H,8-15H2,1H3/p+1/t17-,19+/m0/s1. The van der Waals surface area contributed by atoms with Crippen molar-refractivity contribution >= 4 is 17.5 Å². The van der Waals surface area contributed by atoms with E-state index in [1.807, 2.05) is 39.8 Å². The summed E-state index contributed by atoms with van der Waals surface area (Å²) in [5.41, 5.74) is 3.02. The highest BCUT2D eigenvalue weighted by Crippen LogP contribution is 2.32. The molecule has 2 aromatic rings. The van der Waals surface area contributed by atoms with Gasteiger partial charge in [-0.2, -0.15) is 0 Å². The van der Waals surface area contributed by atoms with E-state index in [1.165, 1.54) is 12.1 Å². The van der Waals surface area contributed by atoms with E-state index in [4.69, 9.17) is 11.6 Å². The van der Waals surface area contributed by atoms with Crippen molar-refractivity contribution in [2.24, 2.45) is 5.92 Å². The third-order valence-electron chi connectivity index (χ3n) is 7.42. The van der Waals surface area contributed by atoms with Crippen LogP contribution >= 0.6 is 11.6 Å². The number of hydrogen-bond acceptors (Lipinski definition) is 2. The van der Waals surface area contributed by atoms with Crippen molar-refractivity contribution in [1.29, 1.82) is 0 Å². The molecule has 0 saturated carbocycles. The van der Waals surface area contributed by atoms with Gasteiger partial charge in [-0.1, -0.05) is 23.7 Å². The Hall–Kier alpha value is -2.11. The Kier molecular flexibility index (Phi) is 5.19. The zero-order valence-electron chi connectivity index (χ0n) is 17.4. The maximum atomic E-state index is 13.3. The number of hydrogen-bond donors (Lipinski definition) is 1. The Morgan fingerprint density at radius 1 is 1.07 bits per heavy atom. The largest absolute Gasteiger partial charge is 0.342 e. The Balaban J connectivity index is 1.37. The second-order valence-corrected chi connectivity index (χ2v) is 9.68. The average molecular weight is 427 g/mol. The van der Waals surface area contributed by atoms with Gasteiger partial charge in [0.05, 0.1) is 19.1 Å². The number of halogens is 1. The van der Waals surface area contributed by atoms with Crippen LogP contribution < -0.4 is 10.5 Å². The molecule has 1 unspecified atom stereocenters. The van der Waals surface area contributed by atoms with E-state index >= 15 is 0 Å². The van der Waals surface area contributed by atoms with Gasteiger partial charge in [0.2, 0.25) is 5.91 Å². The molecule has 2 fully saturated rings. The van der Waals surface area contributed by atoms with Crippen molar-refractivity contribution in [1.82, 2.24) is 9.47 Å². The van der Waals surface area contributed by atoms with E-state index in [1.54, 1.807) is 11.8 Å². The summed E-state index contributed by atoms with van der Waals surface area (Å²) in [6, 6.07) is 12.3. The minimum atomic E-state index is 0.128. The zero-order valence-corrected chi connectivity index (χ0v) is 18.2. The van der Waals surface area contributed by atoms with Gasteiger partial charge < -0.3 is 14.4 Å². The highest BCUT2D eigenvalue weighted by Gasteiger charge is 2.41. The molecule has 1 N–H and O–H groups in total. The van der Waals surface area contributed by atoms with Gasteiger partial charge in [-0.05, 0) is 36.2 Å². The number of nitrogens with one attached hydrogen (secondary N) is 1. The van der Waals surface area contributed by atoms with Crippen LogP contribution in [0.5, 0.6) is 0 Å². The van der Waals surface area contributed by atoms with E-state index < -0.39 is 0 Å². The molecule has 0 spiro atoms. The molecule has 3 aliphatic heterocycles. The summed E-state index contributed by atoms with van der Waals surface area (Å²) in [7, 11) is 0. The SMILES string of the molecule is CC(=O)N1CCC([NH+]2C[C@@H]3C[C@H](C2)c2ccc(-c4ccc(Cl)cc4)c(=O)n2C3)CC1. The molecule has 1 aromatic carbocycles. The number of pyridine rings is 1. The number of piperidine rings is 2. The first-order chi connectivity index (χ1) is 14.5. The lowest BCUT2D eigenvalue weighted by Gasteiger charge is -2.45. The highest BCUT2D eigenvalue weighted by atomic mass is 35.5. The van der Waals surface area contributed by atoms with Crippen LogP contribution in [-0.4, -0.2) is 47.6 Å². The molecular formula is C24H29ClN3O2+. The predicted molar refractivity (Wildman–Crippen MR) is 118 cm³/mol. The van der Waals surface area contributed by atoms with Crippen molar-refractivity contribution < 1.29 is 9.69 Å². The van der Waals surface area contributed by atoms with Crippen LogP contribution in [0.1, 0.15) is 37.8 Å². The number of benzene rings is 1. The number of aromatic nitrogens is 1. The lowest BCUT2D eigenvalue weighted by Crippen LogP contribution is -3.18. The third kappa shape index (κ3) is 3.58. The van der Waals surface area contributed by atoms with Gasteiger partial charge in [-0.3, -0.25) is 9.59 Å². The molecule has 3 aliphatic rings. The molecule has 30 heavy (non-hydrogen) atoms. The highest BCUT2D eigenvalue weighted by molar-refractivity contribution is 6.30. The zero-order chi connectivity index (χ0) is 20.8. The molecule has 4 heterocycles. The summed E-state index contributed by atoms with van der Waals surface area (Å²) in [5.74, 6) is 1.20. The maximum absolute atomic E-state index is 13.3. The lowest BCUT2D eigenvalue weighted by molar-refractivity contribution is -0.937. The smallest absolute Gasteiger partial charge is 0.258 e. The Labute approximate surface area is 182 Å². The van der Waals surface area contributed by atoms with Crippen LogP contribution in [0.25, 0.3) is 11.1 Å². The number of nitrogens with zero attached hydrogens (tertiary/aromatic N) is 2. The van der Waals surface area contributed by atoms with Crippen LogP contribution in [0, 0.1) is 5.92 Å². The lowest BCUT2D eigenvalue weighted by atomic mass is 9.81. The van der Waals surface area contributed by atoms with Gasteiger partial charge in [0, 0.05) is 67.5 Å². The van der Waals surface area contributed by atoms with Gasteiger partial charge >= 0.3 is 0 Å². The Morgan fingerprint density at radius 3 is 2.50 bits per heavy atom. The molecule has 6 heteroatoms. The van der Waals surface area contributed by atoms with E-state index in [2.05, 4.69) is 6.07 Å². The van der Waals surface area contributed by atoms with Crippen LogP contribution in [0.2, 0.25) is 5.02 Å². The van der Waals surface area contributed by atoms with Crippen molar-refractivity contribution in [2.75, 3.05) is 26.2 Å². The van der Waals surface area contributed by atoms with Crippen molar-refractivity contribution in [3.63, 3.8) is 0 Å². The predicted octanol–water partition coefficient (Wildman–Crippen LogP) is 2.18. The molecule has 1 amide bonds. The van der Waals surface area contributed by atoms with Crippen molar-refractivity contribution in [2.45, 2.75) is 44.7 Å². The van der Waals surface area contributed by atoms with E-state index in [9.17, 15) is 9.59 Å². The summed E-state index contributed by atoms with van der Waals surface area (Å²) in [6.07, 6.45) is 3.38. The number of likely N-dealkylation sites (tertiary alicyclic amines) is 2. The van der Waals surface area contributed by atoms with Crippen molar-refractivity contribution in [3.05, 3.63) is 57.5 Å². The molecule has 5 nitrogen and oxygen atoms in total. The molecule has 0 aliphatic carbocycles. The average Bonchev–Trinajstić information content (AvgIpc) is 2.75. The second-order valence-electron chi connectivity index (χ2n) is 9.24. The maximum Gasteiger partial charge on any atom is 0.258 e. The topological polar surface area (TPSA) is 46.8 Å². The van der Waals surface area contributed by atoms with Gasteiger partial charge in [-0.25, -0.2) is 0 Å². The summed E-state index contributed by atoms with van der Waals surface area (Å²) in [6.45, 7) is 6.51. The van der Waals surface area contributed by atoms with Gasteiger partial charge in [0.1, 0.15) is 0 Å². The quantitative estimate of drug-likeness (QED) is 0.800. The fraction of sp³-hybridized carbons (Fsp3) is 0.500. The molecule has 1 aromatic heterocycles. The number of quaternary nitrogens is 1. The summed E-state index contributed by atoms with van der Waals surface area (Å²) < 4.78 is 2.04. The molecule has 158 valence electrons. The summed E-state index contributed by atoms with van der Waals surface area (Å²) in [4.78, 5) is 28.6. The van der Waals surface area contributed by atoms with Gasteiger partial charge in [-0.15, -0.1) is 0 Å². The number of carbonyl (C=O) groups excluding carboxylic acids is 1. The minimum absolute atomic E-state index is 0.128. The fourth-order valence-electron chi connectivity index (χ4n) is 5.88. The number of fused-ring (bicyclic) bond motifs is 4. The van der Waals surface area contributed by atoms with Crippen LogP contribution in [0.4, 0.5) is 0 Å².